The number of nitrogens with zero attached hydrogens (tertiary/aromatic N) is 2. The highest BCUT2D eigenvalue weighted by Crippen LogP contribution is 2.30. The number of thioether (sulfide) groups is 1. The molecule has 1 N–H and O–H groups in total. The van der Waals surface area contributed by atoms with Crippen molar-refractivity contribution in [1.29, 1.82) is 0 Å². The predicted molar refractivity (Wildman–Crippen MR) is 96.0 cm³/mol. The molecule has 0 bridgehead atoms. The highest BCUT2D eigenvalue weighted by atomic mass is 32.2. The van der Waals surface area contributed by atoms with Crippen LogP contribution in [0.5, 0.6) is 0 Å². The molecule has 1 aromatic carbocycles. The summed E-state index contributed by atoms with van der Waals surface area (Å²) in [5.41, 5.74) is 2.10. The molecule has 1 atom stereocenters. The fourth-order valence-corrected chi connectivity index (χ4v) is 3.64. The number of benzene rings is 1. The molecule has 2 heterocycles. The summed E-state index contributed by atoms with van der Waals surface area (Å²) in [5, 5.41) is 3.06. The Hall–Kier alpha value is -1.88. The molecule has 23 heavy (non-hydrogen) atoms. The zero-order chi connectivity index (χ0) is 16.2. The van der Waals surface area contributed by atoms with Crippen molar-refractivity contribution >= 4 is 23.5 Å². The molecule has 1 aromatic heterocycles. The van der Waals surface area contributed by atoms with Gasteiger partial charge in [-0.2, -0.15) is 0 Å². The molecule has 122 valence electrons. The highest BCUT2D eigenvalue weighted by molar-refractivity contribution is 7.98. The molecule has 1 aliphatic heterocycles. The van der Waals surface area contributed by atoms with E-state index in [4.69, 9.17) is 0 Å². The lowest BCUT2D eigenvalue weighted by atomic mass is 10.0. The van der Waals surface area contributed by atoms with E-state index in [1.807, 2.05) is 35.4 Å². The van der Waals surface area contributed by atoms with E-state index in [1.54, 1.807) is 11.8 Å². The number of nitrogens with one attached hydrogen (secondary N) is 1. The molecule has 1 aliphatic rings. The monoisotopic (exact) mass is 329 g/mol. The smallest absolute Gasteiger partial charge is 0.322 e. The van der Waals surface area contributed by atoms with Gasteiger partial charge in [0.05, 0.1) is 6.04 Å². The summed E-state index contributed by atoms with van der Waals surface area (Å²) in [6.07, 6.45) is 6.19. The second kappa shape index (κ2) is 7.13. The molecule has 0 saturated carbocycles. The van der Waals surface area contributed by atoms with Gasteiger partial charge in [0, 0.05) is 35.6 Å². The molecule has 5 heteroatoms. The Balaban J connectivity index is 1.78. The summed E-state index contributed by atoms with van der Waals surface area (Å²) in [6.45, 7) is 3.78. The summed E-state index contributed by atoms with van der Waals surface area (Å²) >= 11 is 1.68. The van der Waals surface area contributed by atoms with Crippen molar-refractivity contribution in [1.82, 2.24) is 9.47 Å². The summed E-state index contributed by atoms with van der Waals surface area (Å²) < 4.78 is 2.26. The van der Waals surface area contributed by atoms with Crippen molar-refractivity contribution in [2.45, 2.75) is 37.2 Å². The molecule has 0 fully saturated rings. The fraction of sp³-hybridized carbons (Fsp3) is 0.389. The Labute approximate surface area is 141 Å². The number of hydrogen-bond acceptors (Lipinski definition) is 2. The molecule has 2 aromatic rings. The molecule has 0 radical (unpaired) electrons. The van der Waals surface area contributed by atoms with Gasteiger partial charge in [0.25, 0.3) is 0 Å². The van der Waals surface area contributed by atoms with E-state index < -0.39 is 0 Å². The average molecular weight is 329 g/mol. The van der Waals surface area contributed by atoms with Crippen LogP contribution in [-0.2, 0) is 6.54 Å². The number of amides is 2. The zero-order valence-corrected chi connectivity index (χ0v) is 14.5. The number of urea groups is 1. The maximum atomic E-state index is 12.8. The first-order valence-electron chi connectivity index (χ1n) is 8.09. The number of carbonyl (C=O) groups excluding carboxylic acids is 1. The minimum Gasteiger partial charge on any atom is -0.348 e. The molecule has 0 aliphatic carbocycles. The average Bonchev–Trinajstić information content (AvgIpc) is 3.04. The first kappa shape index (κ1) is 16.0. The minimum absolute atomic E-state index is 0.00541. The molecular weight excluding hydrogens is 306 g/mol. The Morgan fingerprint density at radius 3 is 2.96 bits per heavy atom. The van der Waals surface area contributed by atoms with Gasteiger partial charge in [-0.15, -0.1) is 11.8 Å². The van der Waals surface area contributed by atoms with E-state index in [2.05, 4.69) is 35.1 Å². The minimum atomic E-state index is -0.00541. The van der Waals surface area contributed by atoms with Gasteiger partial charge in [-0.05, 0) is 43.0 Å². The van der Waals surface area contributed by atoms with E-state index >= 15 is 0 Å². The van der Waals surface area contributed by atoms with Crippen LogP contribution in [0.15, 0.2) is 47.5 Å². The van der Waals surface area contributed by atoms with Gasteiger partial charge in [0.2, 0.25) is 0 Å². The third kappa shape index (κ3) is 3.39. The maximum absolute atomic E-state index is 12.8. The molecule has 3 rings (SSSR count). The van der Waals surface area contributed by atoms with Crippen molar-refractivity contribution in [2.75, 3.05) is 18.1 Å². The van der Waals surface area contributed by atoms with Crippen LogP contribution in [0.2, 0.25) is 0 Å². The van der Waals surface area contributed by atoms with E-state index in [1.165, 1.54) is 5.69 Å². The Morgan fingerprint density at radius 1 is 1.30 bits per heavy atom. The second-order valence-electron chi connectivity index (χ2n) is 5.79. The van der Waals surface area contributed by atoms with Crippen LogP contribution in [0.25, 0.3) is 0 Å². The van der Waals surface area contributed by atoms with Crippen molar-refractivity contribution < 1.29 is 4.79 Å². The van der Waals surface area contributed by atoms with Crippen LogP contribution in [-0.4, -0.2) is 28.3 Å². The maximum Gasteiger partial charge on any atom is 0.322 e. The van der Waals surface area contributed by atoms with Crippen molar-refractivity contribution in [3.05, 3.63) is 48.3 Å². The number of fused-ring (bicyclic) bond motifs is 1. The Kier molecular flexibility index (Phi) is 4.96. The zero-order valence-electron chi connectivity index (χ0n) is 13.7. The van der Waals surface area contributed by atoms with Gasteiger partial charge in [-0.25, -0.2) is 4.79 Å². The first-order chi connectivity index (χ1) is 11.2. The van der Waals surface area contributed by atoms with Crippen LogP contribution >= 0.6 is 11.8 Å². The Bertz CT molecular complexity index is 682. The van der Waals surface area contributed by atoms with E-state index in [0.717, 1.165) is 36.5 Å². The lowest BCUT2D eigenvalue weighted by Gasteiger charge is -2.37. The quantitative estimate of drug-likeness (QED) is 0.832. The Morgan fingerprint density at radius 2 is 2.17 bits per heavy atom. The molecule has 1 unspecified atom stereocenters. The summed E-state index contributed by atoms with van der Waals surface area (Å²) in [4.78, 5) is 15.9. The molecular formula is C18H23N3OS. The van der Waals surface area contributed by atoms with Crippen LogP contribution in [0.4, 0.5) is 10.5 Å². The van der Waals surface area contributed by atoms with Gasteiger partial charge >= 0.3 is 6.03 Å². The standard InChI is InChI=1S/C18H23N3OS/c1-3-6-17-16-9-5-10-20(16)11-12-21(17)18(22)19-14-7-4-8-15(13-14)23-2/h4-5,7-10,13,17H,3,6,11-12H2,1-2H3,(H,19,22). The van der Waals surface area contributed by atoms with Crippen LogP contribution < -0.4 is 5.32 Å². The van der Waals surface area contributed by atoms with E-state index in [9.17, 15) is 4.79 Å². The molecule has 4 nitrogen and oxygen atoms in total. The fourth-order valence-electron chi connectivity index (χ4n) is 3.18. The number of aromatic nitrogens is 1. The number of anilines is 1. The van der Waals surface area contributed by atoms with Gasteiger partial charge in [-0.1, -0.05) is 19.4 Å². The lowest BCUT2D eigenvalue weighted by molar-refractivity contribution is 0.163. The van der Waals surface area contributed by atoms with Gasteiger partial charge in [-0.3, -0.25) is 0 Å². The van der Waals surface area contributed by atoms with Crippen molar-refractivity contribution in [3.63, 3.8) is 0 Å². The number of carbonyl (C=O) groups is 1. The largest absolute Gasteiger partial charge is 0.348 e. The topological polar surface area (TPSA) is 37.3 Å². The predicted octanol–water partition coefficient (Wildman–Crippen LogP) is 4.60. The van der Waals surface area contributed by atoms with Gasteiger partial charge in [0.1, 0.15) is 0 Å². The molecule has 0 saturated heterocycles. The lowest BCUT2D eigenvalue weighted by Crippen LogP contribution is -2.44. The highest BCUT2D eigenvalue weighted by Gasteiger charge is 2.30. The first-order valence-corrected chi connectivity index (χ1v) is 9.32. The summed E-state index contributed by atoms with van der Waals surface area (Å²) in [5.74, 6) is 0. The van der Waals surface area contributed by atoms with Gasteiger partial charge < -0.3 is 14.8 Å². The number of rotatable bonds is 4. The van der Waals surface area contributed by atoms with E-state index in [0.29, 0.717) is 0 Å². The SMILES string of the molecule is CCCC1c2cccn2CCN1C(=O)Nc1cccc(SC)c1. The van der Waals surface area contributed by atoms with Crippen molar-refractivity contribution in [2.24, 2.45) is 0 Å². The summed E-state index contributed by atoms with van der Waals surface area (Å²) in [6, 6.07) is 12.3. The van der Waals surface area contributed by atoms with E-state index in [-0.39, 0.29) is 12.1 Å². The van der Waals surface area contributed by atoms with Crippen LogP contribution in [0.3, 0.4) is 0 Å². The third-order valence-corrected chi connectivity index (χ3v) is 5.03. The van der Waals surface area contributed by atoms with Crippen LogP contribution in [0.1, 0.15) is 31.5 Å². The van der Waals surface area contributed by atoms with Crippen molar-refractivity contribution in [3.8, 4) is 0 Å². The number of hydrogen-bond donors (Lipinski definition) is 1. The van der Waals surface area contributed by atoms with Crippen LogP contribution in [0, 0.1) is 0 Å². The molecule has 2 amide bonds. The molecule has 0 spiro atoms. The normalized spacial score (nSPS) is 17.0. The van der Waals surface area contributed by atoms with Gasteiger partial charge in [0.15, 0.2) is 0 Å². The third-order valence-electron chi connectivity index (χ3n) is 4.31. The second-order valence-corrected chi connectivity index (χ2v) is 6.67. The summed E-state index contributed by atoms with van der Waals surface area (Å²) in [7, 11) is 0.